The molecule has 0 fully saturated rings. The van der Waals surface area contributed by atoms with Crippen molar-refractivity contribution in [2.75, 3.05) is 0 Å². The van der Waals surface area contributed by atoms with Gasteiger partial charge in [-0.25, -0.2) is 4.98 Å². The smallest absolute Gasteiger partial charge is 0.0788 e. The van der Waals surface area contributed by atoms with E-state index in [1.807, 2.05) is 0 Å². The fourth-order valence-electron chi connectivity index (χ4n) is 11.1. The van der Waals surface area contributed by atoms with Crippen LogP contribution < -0.4 is 0 Å². The first-order valence-electron chi connectivity index (χ1n) is 23.5. The Kier molecular flexibility index (Phi) is 8.66. The summed E-state index contributed by atoms with van der Waals surface area (Å²) >= 11 is 0. The average Bonchev–Trinajstić information content (AvgIpc) is 3.41. The molecular formula is C67H41N. The summed E-state index contributed by atoms with van der Waals surface area (Å²) in [4.78, 5) is 5.43. The maximum Gasteiger partial charge on any atom is 0.0788 e. The Morgan fingerprint density at radius 1 is 0.221 bits per heavy atom. The summed E-state index contributed by atoms with van der Waals surface area (Å²) in [5.41, 5.74) is 12.8. The van der Waals surface area contributed by atoms with E-state index in [1.165, 1.54) is 115 Å². The van der Waals surface area contributed by atoms with E-state index in [9.17, 15) is 0 Å². The Hall–Kier alpha value is -8.91. The minimum absolute atomic E-state index is 0.998. The molecule has 0 radical (unpaired) electrons. The summed E-state index contributed by atoms with van der Waals surface area (Å²) < 4.78 is 0. The van der Waals surface area contributed by atoms with Crippen molar-refractivity contribution in [1.29, 1.82) is 0 Å². The number of rotatable bonds is 5. The zero-order valence-electron chi connectivity index (χ0n) is 37.1. The van der Waals surface area contributed by atoms with Crippen LogP contribution >= 0.6 is 0 Å². The summed E-state index contributed by atoms with van der Waals surface area (Å²) in [7, 11) is 0. The van der Waals surface area contributed by atoms with Gasteiger partial charge in [0, 0.05) is 21.7 Å². The number of pyridine rings is 1. The van der Waals surface area contributed by atoms with Crippen molar-refractivity contribution in [3.63, 3.8) is 0 Å². The lowest BCUT2D eigenvalue weighted by atomic mass is 9.84. The van der Waals surface area contributed by atoms with Crippen molar-refractivity contribution in [2.24, 2.45) is 0 Å². The molecule has 0 saturated carbocycles. The molecule has 68 heavy (non-hydrogen) atoms. The molecule has 0 bridgehead atoms. The number of hydrogen-bond donors (Lipinski definition) is 0. The van der Waals surface area contributed by atoms with E-state index in [-0.39, 0.29) is 0 Å². The summed E-state index contributed by atoms with van der Waals surface area (Å²) in [5, 5.41) is 18.4. The molecule has 1 nitrogen and oxygen atoms in total. The maximum atomic E-state index is 5.43. The zero-order valence-corrected chi connectivity index (χ0v) is 37.1. The van der Waals surface area contributed by atoms with Gasteiger partial charge in [0.25, 0.3) is 0 Å². The third kappa shape index (κ3) is 6.14. The molecule has 0 spiro atoms. The lowest BCUT2D eigenvalue weighted by Crippen LogP contribution is -1.93. The number of hydrogen-bond acceptors (Lipinski definition) is 1. The van der Waals surface area contributed by atoms with E-state index in [2.05, 4.69) is 249 Å². The van der Waals surface area contributed by atoms with Crippen molar-refractivity contribution in [1.82, 2.24) is 4.98 Å². The van der Waals surface area contributed by atoms with Gasteiger partial charge in [0.05, 0.1) is 11.2 Å². The Balaban J connectivity index is 1.01. The molecule has 0 saturated heterocycles. The summed E-state index contributed by atoms with van der Waals surface area (Å²) in [6, 6.07) is 91.8. The van der Waals surface area contributed by atoms with Crippen LogP contribution in [0.4, 0.5) is 0 Å². The Morgan fingerprint density at radius 3 is 1.32 bits per heavy atom. The molecule has 13 aromatic carbocycles. The second-order valence-corrected chi connectivity index (χ2v) is 18.2. The van der Waals surface area contributed by atoms with Crippen molar-refractivity contribution in [2.45, 2.75) is 0 Å². The largest absolute Gasteiger partial charge is 0.247 e. The number of benzene rings is 13. The van der Waals surface area contributed by atoms with Gasteiger partial charge in [0.15, 0.2) is 0 Å². The van der Waals surface area contributed by atoms with Gasteiger partial charge in [-0.3, -0.25) is 0 Å². The van der Waals surface area contributed by atoms with Crippen LogP contribution in [0.15, 0.2) is 249 Å². The number of aromatic nitrogens is 1. The molecule has 314 valence electrons. The lowest BCUT2D eigenvalue weighted by molar-refractivity contribution is 1.43. The van der Waals surface area contributed by atoms with Gasteiger partial charge >= 0.3 is 0 Å². The molecule has 0 aliphatic carbocycles. The molecule has 0 unspecified atom stereocenters. The molecule has 1 aromatic heterocycles. The first-order valence-corrected chi connectivity index (χ1v) is 23.5. The standard InChI is InChI=1S/C67H41N/c1-4-17-45-37-51(31-28-42(45)14-1)64-56-24-9-10-25-57(56)65(52-32-29-43-15-2-5-18-46(43)38-52)61-40-49(34-35-58(61)64)48-20-13-21-50(36-48)60-41-62-66(55-23-8-7-22-54(55)60)59-26-11-12-27-63(59)68-67(62)53-33-30-44-16-3-6-19-47(44)39-53/h1-41H. The molecular weight excluding hydrogens is 819 g/mol. The van der Waals surface area contributed by atoms with Gasteiger partial charge in [0.2, 0.25) is 0 Å². The van der Waals surface area contributed by atoms with Crippen LogP contribution in [0.25, 0.3) is 142 Å². The Morgan fingerprint density at radius 2 is 0.676 bits per heavy atom. The zero-order chi connectivity index (χ0) is 44.7. The van der Waals surface area contributed by atoms with E-state index >= 15 is 0 Å². The quantitative estimate of drug-likeness (QED) is 0.124. The molecule has 14 aromatic rings. The molecule has 14 rings (SSSR count). The second kappa shape index (κ2) is 15.3. The molecule has 1 heteroatoms. The fraction of sp³-hybridized carbons (Fsp3) is 0. The van der Waals surface area contributed by atoms with Gasteiger partial charge in [-0.05, 0) is 152 Å². The number of para-hydroxylation sites is 1. The highest BCUT2D eigenvalue weighted by molar-refractivity contribution is 6.26. The van der Waals surface area contributed by atoms with Gasteiger partial charge in [0.1, 0.15) is 0 Å². The third-order valence-electron chi connectivity index (χ3n) is 14.3. The van der Waals surface area contributed by atoms with Crippen LogP contribution in [0, 0.1) is 0 Å². The highest BCUT2D eigenvalue weighted by Gasteiger charge is 2.20. The van der Waals surface area contributed by atoms with Crippen LogP contribution in [0.2, 0.25) is 0 Å². The Labute approximate surface area is 393 Å². The predicted octanol–water partition coefficient (Wildman–Crippen LogP) is 18.6. The van der Waals surface area contributed by atoms with Gasteiger partial charge < -0.3 is 0 Å². The molecule has 0 N–H and O–H groups in total. The number of fused-ring (bicyclic) bond motifs is 10. The molecule has 0 amide bonds. The summed E-state index contributed by atoms with van der Waals surface area (Å²) in [6.07, 6.45) is 0. The first kappa shape index (κ1) is 38.4. The monoisotopic (exact) mass is 859 g/mol. The van der Waals surface area contributed by atoms with Crippen LogP contribution in [0.5, 0.6) is 0 Å². The Bertz CT molecular complexity index is 4390. The highest BCUT2D eigenvalue weighted by atomic mass is 14.7. The van der Waals surface area contributed by atoms with Gasteiger partial charge in [-0.15, -0.1) is 0 Å². The third-order valence-corrected chi connectivity index (χ3v) is 14.3. The van der Waals surface area contributed by atoms with E-state index in [0.717, 1.165) is 27.5 Å². The van der Waals surface area contributed by atoms with Gasteiger partial charge in [-0.1, -0.05) is 206 Å². The van der Waals surface area contributed by atoms with Crippen LogP contribution in [0.3, 0.4) is 0 Å². The SMILES string of the molecule is c1cc(-c2ccc3c(-c4ccc5ccccc5c4)c4ccccc4c(-c4ccc5ccccc5c4)c3c2)cc(-c2cc3c(-c4ccc5ccccc5c4)nc4ccccc4c3c3ccccc23)c1. The lowest BCUT2D eigenvalue weighted by Gasteiger charge is -2.19. The van der Waals surface area contributed by atoms with E-state index in [4.69, 9.17) is 4.98 Å². The fourth-order valence-corrected chi connectivity index (χ4v) is 11.1. The van der Waals surface area contributed by atoms with Gasteiger partial charge in [-0.2, -0.15) is 0 Å². The van der Waals surface area contributed by atoms with Crippen molar-refractivity contribution in [3.05, 3.63) is 249 Å². The first-order chi connectivity index (χ1) is 33.7. The van der Waals surface area contributed by atoms with Crippen molar-refractivity contribution in [3.8, 4) is 55.8 Å². The predicted molar refractivity (Wildman–Crippen MR) is 291 cm³/mol. The normalized spacial score (nSPS) is 11.8. The number of nitrogens with zero attached hydrogens (tertiary/aromatic N) is 1. The minimum atomic E-state index is 0.998. The molecule has 0 atom stereocenters. The highest BCUT2D eigenvalue weighted by Crippen LogP contribution is 2.47. The molecule has 0 aliphatic rings. The van der Waals surface area contributed by atoms with Crippen LogP contribution in [0.1, 0.15) is 0 Å². The molecule has 1 heterocycles. The van der Waals surface area contributed by atoms with E-state index in [0.29, 0.717) is 0 Å². The maximum absolute atomic E-state index is 5.43. The van der Waals surface area contributed by atoms with Crippen molar-refractivity contribution < 1.29 is 0 Å². The average molecular weight is 860 g/mol. The summed E-state index contributed by atoms with van der Waals surface area (Å²) in [6.45, 7) is 0. The summed E-state index contributed by atoms with van der Waals surface area (Å²) in [5.74, 6) is 0. The topological polar surface area (TPSA) is 12.9 Å². The van der Waals surface area contributed by atoms with Crippen molar-refractivity contribution >= 4 is 86.3 Å². The van der Waals surface area contributed by atoms with E-state index < -0.39 is 0 Å². The second-order valence-electron chi connectivity index (χ2n) is 18.2. The van der Waals surface area contributed by atoms with Crippen LogP contribution in [-0.4, -0.2) is 4.98 Å². The van der Waals surface area contributed by atoms with E-state index in [1.54, 1.807) is 0 Å². The van der Waals surface area contributed by atoms with Crippen LogP contribution in [-0.2, 0) is 0 Å². The minimum Gasteiger partial charge on any atom is -0.247 e. The molecule has 0 aliphatic heterocycles.